The summed E-state index contributed by atoms with van der Waals surface area (Å²) in [5.74, 6) is -1.92. The Balaban J connectivity index is 1.84. The summed E-state index contributed by atoms with van der Waals surface area (Å²) in [7, 11) is 0. The van der Waals surface area contributed by atoms with E-state index in [4.69, 9.17) is 26.2 Å². The van der Waals surface area contributed by atoms with Crippen LogP contribution in [0.5, 0.6) is 5.88 Å². The summed E-state index contributed by atoms with van der Waals surface area (Å²) in [6.07, 6.45) is -4.71. The molecular formula is C20H18F4N6O3. The van der Waals surface area contributed by atoms with E-state index in [-0.39, 0.29) is 28.4 Å². The van der Waals surface area contributed by atoms with E-state index in [0.29, 0.717) is 0 Å². The van der Waals surface area contributed by atoms with Crippen molar-refractivity contribution in [2.75, 3.05) is 17.7 Å². The minimum atomic E-state index is -4.82. The number of aliphatic imine (C=N–C) groups is 1. The molecule has 33 heavy (non-hydrogen) atoms. The van der Waals surface area contributed by atoms with Crippen LogP contribution in [0.1, 0.15) is 25.0 Å². The van der Waals surface area contributed by atoms with E-state index in [2.05, 4.69) is 15.3 Å². The number of nitrogens with one attached hydrogen (secondary N) is 1. The molecule has 9 nitrogen and oxygen atoms in total. The molecule has 1 aliphatic rings. The molecule has 3 rings (SSSR count). The second-order valence-electron chi connectivity index (χ2n) is 7.53. The lowest BCUT2D eigenvalue weighted by Gasteiger charge is -2.41. The molecule has 0 bridgehead atoms. The number of pyridine rings is 1. The number of nitriles is 1. The molecule has 5 N–H and O–H groups in total. The number of nitrogen functional groups attached to an aromatic ring is 1. The van der Waals surface area contributed by atoms with Crippen LogP contribution in [0, 0.1) is 17.1 Å². The van der Waals surface area contributed by atoms with Crippen molar-refractivity contribution in [1.29, 1.82) is 5.26 Å². The van der Waals surface area contributed by atoms with Crippen molar-refractivity contribution in [3.8, 4) is 11.9 Å². The molecule has 0 saturated heterocycles. The van der Waals surface area contributed by atoms with Crippen LogP contribution in [-0.4, -0.2) is 35.3 Å². The molecule has 2 aromatic rings. The number of benzene rings is 1. The lowest BCUT2D eigenvalue weighted by Crippen LogP contribution is -2.60. The van der Waals surface area contributed by atoms with Crippen molar-refractivity contribution in [3.63, 3.8) is 0 Å². The Morgan fingerprint density at radius 3 is 2.58 bits per heavy atom. The molecule has 0 spiro atoms. The molecule has 0 aliphatic carbocycles. The number of amides is 1. The van der Waals surface area contributed by atoms with Gasteiger partial charge in [-0.15, -0.1) is 0 Å². The van der Waals surface area contributed by atoms with Crippen molar-refractivity contribution in [2.24, 2.45) is 10.7 Å². The standard InChI is InChI=1S/C20H18F4N6O3/c1-18(9-32-19(2,16(27)30-18)20(22,23)24)12-6-11(3-4-13(12)21)29-17(31)33-15-14(26)5-10(7-25)8-28-15/h3-6,8H,9,26H2,1-2H3,(H2,27,30)(H,29,31). The van der Waals surface area contributed by atoms with Crippen LogP contribution in [0.4, 0.5) is 33.7 Å². The highest BCUT2D eigenvalue weighted by Gasteiger charge is 2.59. The summed E-state index contributed by atoms with van der Waals surface area (Å²) < 4.78 is 64.5. The monoisotopic (exact) mass is 466 g/mol. The van der Waals surface area contributed by atoms with Crippen LogP contribution < -0.4 is 21.5 Å². The van der Waals surface area contributed by atoms with E-state index in [1.807, 2.05) is 6.07 Å². The highest BCUT2D eigenvalue weighted by Crippen LogP contribution is 2.41. The van der Waals surface area contributed by atoms with Gasteiger partial charge in [0.25, 0.3) is 0 Å². The second-order valence-corrected chi connectivity index (χ2v) is 7.53. The van der Waals surface area contributed by atoms with E-state index in [9.17, 15) is 22.4 Å². The number of carbonyl (C=O) groups excluding carboxylic acids is 1. The summed E-state index contributed by atoms with van der Waals surface area (Å²) in [5, 5.41) is 11.1. The highest BCUT2D eigenvalue weighted by molar-refractivity contribution is 5.91. The largest absolute Gasteiger partial charge is 0.424 e. The van der Waals surface area contributed by atoms with Gasteiger partial charge in [0.2, 0.25) is 11.5 Å². The first-order valence-electron chi connectivity index (χ1n) is 9.30. The molecule has 174 valence electrons. The molecule has 0 radical (unpaired) electrons. The third-order valence-electron chi connectivity index (χ3n) is 5.03. The van der Waals surface area contributed by atoms with Crippen LogP contribution in [0.2, 0.25) is 0 Å². The number of nitrogens with two attached hydrogens (primary N) is 2. The molecule has 0 fully saturated rings. The number of rotatable bonds is 3. The molecular weight excluding hydrogens is 448 g/mol. The Bertz CT molecular complexity index is 1180. The van der Waals surface area contributed by atoms with E-state index >= 15 is 0 Å². The fraction of sp³-hybridized carbons (Fsp3) is 0.300. The lowest BCUT2D eigenvalue weighted by molar-refractivity contribution is -0.249. The predicted octanol–water partition coefficient (Wildman–Crippen LogP) is 3.21. The number of carbonyl (C=O) groups is 1. The number of ether oxygens (including phenoxy) is 2. The third kappa shape index (κ3) is 4.51. The fourth-order valence-electron chi connectivity index (χ4n) is 2.99. The van der Waals surface area contributed by atoms with Crippen LogP contribution in [0.3, 0.4) is 0 Å². The molecule has 1 aliphatic heterocycles. The van der Waals surface area contributed by atoms with Gasteiger partial charge in [-0.05, 0) is 38.1 Å². The first-order chi connectivity index (χ1) is 15.3. The van der Waals surface area contributed by atoms with Crippen molar-refractivity contribution in [1.82, 2.24) is 4.98 Å². The van der Waals surface area contributed by atoms with Crippen LogP contribution in [0.15, 0.2) is 35.5 Å². The van der Waals surface area contributed by atoms with Gasteiger partial charge in [0.1, 0.15) is 23.3 Å². The van der Waals surface area contributed by atoms with Crippen molar-refractivity contribution in [3.05, 3.63) is 47.4 Å². The van der Waals surface area contributed by atoms with Gasteiger partial charge in [0.15, 0.2) is 0 Å². The van der Waals surface area contributed by atoms with Gasteiger partial charge in [0, 0.05) is 17.4 Å². The number of amidine groups is 1. The zero-order valence-corrected chi connectivity index (χ0v) is 17.3. The Morgan fingerprint density at radius 2 is 2.00 bits per heavy atom. The zero-order chi connectivity index (χ0) is 24.6. The first kappa shape index (κ1) is 23.7. The van der Waals surface area contributed by atoms with Crippen molar-refractivity contribution < 1.29 is 31.8 Å². The maximum Gasteiger partial charge on any atom is 0.424 e. The summed E-state index contributed by atoms with van der Waals surface area (Å²) in [6.45, 7) is 1.45. The topological polar surface area (TPSA) is 149 Å². The number of aromatic nitrogens is 1. The number of anilines is 2. The fourth-order valence-corrected chi connectivity index (χ4v) is 2.99. The summed E-state index contributed by atoms with van der Waals surface area (Å²) in [5.41, 5.74) is 6.80. The average molecular weight is 466 g/mol. The van der Waals surface area contributed by atoms with Crippen molar-refractivity contribution >= 4 is 23.3 Å². The number of nitrogens with zero attached hydrogens (tertiary/aromatic N) is 3. The molecule has 0 saturated carbocycles. The predicted molar refractivity (Wildman–Crippen MR) is 109 cm³/mol. The molecule has 1 aromatic heterocycles. The molecule has 1 aromatic carbocycles. The number of halogens is 4. The maximum absolute atomic E-state index is 14.6. The van der Waals surface area contributed by atoms with Gasteiger partial charge in [-0.1, -0.05) is 0 Å². The Hall–Kier alpha value is -3.92. The Labute approximate surface area is 185 Å². The van der Waals surface area contributed by atoms with Gasteiger partial charge in [-0.25, -0.2) is 14.2 Å². The second kappa shape index (κ2) is 8.21. The molecule has 2 atom stereocenters. The highest BCUT2D eigenvalue weighted by atomic mass is 19.4. The van der Waals surface area contributed by atoms with Gasteiger partial charge in [0.05, 0.1) is 17.9 Å². The summed E-state index contributed by atoms with van der Waals surface area (Å²) in [4.78, 5) is 19.9. The molecule has 2 heterocycles. The van der Waals surface area contributed by atoms with E-state index in [1.54, 1.807) is 0 Å². The van der Waals surface area contributed by atoms with E-state index in [0.717, 1.165) is 19.2 Å². The van der Waals surface area contributed by atoms with Gasteiger partial charge in [-0.2, -0.15) is 18.4 Å². The quantitative estimate of drug-likeness (QED) is 0.588. The SMILES string of the molecule is CC1(c2cc(NC(=O)Oc3ncc(C#N)cc3N)ccc2F)COC(C)(C(F)(F)F)C(N)=N1. The average Bonchev–Trinajstić information content (AvgIpc) is 2.73. The number of hydrogen-bond acceptors (Lipinski definition) is 8. The Kier molecular flexibility index (Phi) is 5.91. The zero-order valence-electron chi connectivity index (χ0n) is 17.3. The van der Waals surface area contributed by atoms with E-state index in [1.165, 1.54) is 25.1 Å². The summed E-state index contributed by atoms with van der Waals surface area (Å²) in [6, 6.07) is 6.45. The number of alkyl halides is 3. The van der Waals surface area contributed by atoms with Crippen LogP contribution >= 0.6 is 0 Å². The number of hydrogen-bond donors (Lipinski definition) is 3. The smallest absolute Gasteiger partial charge is 0.394 e. The lowest BCUT2D eigenvalue weighted by atomic mass is 9.89. The van der Waals surface area contributed by atoms with Crippen molar-refractivity contribution in [2.45, 2.75) is 31.2 Å². The third-order valence-corrected chi connectivity index (χ3v) is 5.03. The molecule has 1 amide bonds. The molecule has 2 unspecified atom stereocenters. The van der Waals surface area contributed by atoms with Crippen LogP contribution in [-0.2, 0) is 10.3 Å². The van der Waals surface area contributed by atoms with Gasteiger partial charge in [-0.3, -0.25) is 10.3 Å². The van der Waals surface area contributed by atoms with E-state index < -0.39 is 41.7 Å². The molecule has 13 heteroatoms. The normalized spacial score (nSPS) is 22.8. The maximum atomic E-state index is 14.6. The van der Waals surface area contributed by atoms with Gasteiger partial charge >= 0.3 is 12.3 Å². The minimum absolute atomic E-state index is 0.0442. The summed E-state index contributed by atoms with van der Waals surface area (Å²) >= 11 is 0. The van der Waals surface area contributed by atoms with Gasteiger partial charge < -0.3 is 20.9 Å². The Morgan fingerprint density at radius 1 is 1.30 bits per heavy atom. The minimum Gasteiger partial charge on any atom is -0.394 e. The first-order valence-corrected chi connectivity index (χ1v) is 9.30. The van der Waals surface area contributed by atoms with Crippen LogP contribution in [0.25, 0.3) is 0 Å².